The van der Waals surface area contributed by atoms with E-state index in [-0.39, 0.29) is 0 Å². The molecule has 2 fully saturated rings. The van der Waals surface area contributed by atoms with Crippen LogP contribution in [0.3, 0.4) is 0 Å². The lowest BCUT2D eigenvalue weighted by Gasteiger charge is -2.36. The summed E-state index contributed by atoms with van der Waals surface area (Å²) >= 11 is 0. The molecule has 3 rings (SSSR count). The van der Waals surface area contributed by atoms with E-state index < -0.39 is 0 Å². The highest BCUT2D eigenvalue weighted by molar-refractivity contribution is 5.14. The summed E-state index contributed by atoms with van der Waals surface area (Å²) in [6.45, 7) is 8.45. The van der Waals surface area contributed by atoms with Gasteiger partial charge in [0.1, 0.15) is 0 Å². The fraction of sp³-hybridized carbons (Fsp3) is 0.667. The van der Waals surface area contributed by atoms with E-state index in [4.69, 9.17) is 0 Å². The summed E-state index contributed by atoms with van der Waals surface area (Å²) in [4.78, 5) is 5.25. The summed E-state index contributed by atoms with van der Waals surface area (Å²) < 4.78 is 0. The highest BCUT2D eigenvalue weighted by Crippen LogP contribution is 2.12. The molecule has 2 saturated heterocycles. The second-order valence-electron chi connectivity index (χ2n) is 6.56. The van der Waals surface area contributed by atoms with Crippen molar-refractivity contribution in [1.29, 1.82) is 0 Å². The molecule has 2 aliphatic heterocycles. The zero-order valence-corrected chi connectivity index (χ0v) is 13.1. The first-order valence-electron chi connectivity index (χ1n) is 8.62. The quantitative estimate of drug-likeness (QED) is 0.917. The second kappa shape index (κ2) is 7.92. The Kier molecular flexibility index (Phi) is 5.67. The van der Waals surface area contributed by atoms with Crippen molar-refractivity contribution < 1.29 is 0 Å². The number of nitrogens with zero attached hydrogens (tertiary/aromatic N) is 2. The van der Waals surface area contributed by atoms with Crippen LogP contribution in [-0.2, 0) is 6.54 Å². The van der Waals surface area contributed by atoms with Crippen molar-refractivity contribution in [3.05, 3.63) is 35.9 Å². The van der Waals surface area contributed by atoms with E-state index in [1.165, 1.54) is 70.5 Å². The Hall–Kier alpha value is -0.900. The van der Waals surface area contributed by atoms with E-state index in [1.807, 2.05) is 0 Å². The molecule has 0 radical (unpaired) electrons. The van der Waals surface area contributed by atoms with Crippen LogP contribution in [-0.4, -0.2) is 55.1 Å². The van der Waals surface area contributed by atoms with Crippen LogP contribution >= 0.6 is 0 Å². The fourth-order valence-electron chi connectivity index (χ4n) is 3.54. The van der Waals surface area contributed by atoms with E-state index >= 15 is 0 Å². The SMILES string of the molecule is c1ccc(CN2CCN(CC3CCCCCN3)CC2)cc1. The van der Waals surface area contributed by atoms with Crippen molar-refractivity contribution in [2.75, 3.05) is 39.3 Å². The van der Waals surface area contributed by atoms with Gasteiger partial charge in [-0.3, -0.25) is 9.80 Å². The standard InChI is InChI=1S/C18H29N3/c1-3-7-17(8-4-1)15-20-11-13-21(14-12-20)16-18-9-5-2-6-10-19-18/h1,3-4,7-8,18-19H,2,5-6,9-16H2. The van der Waals surface area contributed by atoms with Gasteiger partial charge < -0.3 is 5.32 Å². The molecule has 21 heavy (non-hydrogen) atoms. The van der Waals surface area contributed by atoms with Gasteiger partial charge in [-0.2, -0.15) is 0 Å². The maximum absolute atomic E-state index is 3.72. The minimum absolute atomic E-state index is 0.730. The molecule has 0 aliphatic carbocycles. The third kappa shape index (κ3) is 4.80. The van der Waals surface area contributed by atoms with Crippen LogP contribution in [0.1, 0.15) is 31.2 Å². The zero-order valence-electron chi connectivity index (χ0n) is 13.1. The molecule has 3 heteroatoms. The normalized spacial score (nSPS) is 25.6. The van der Waals surface area contributed by atoms with Crippen molar-refractivity contribution in [1.82, 2.24) is 15.1 Å². The lowest BCUT2D eigenvalue weighted by atomic mass is 10.1. The molecule has 0 aromatic heterocycles. The van der Waals surface area contributed by atoms with Crippen LogP contribution in [0.25, 0.3) is 0 Å². The minimum Gasteiger partial charge on any atom is -0.313 e. The van der Waals surface area contributed by atoms with E-state index in [1.54, 1.807) is 0 Å². The molecule has 0 bridgehead atoms. The van der Waals surface area contributed by atoms with Gasteiger partial charge in [0.25, 0.3) is 0 Å². The first kappa shape index (κ1) is 15.0. The molecule has 1 aromatic rings. The smallest absolute Gasteiger partial charge is 0.0234 e. The predicted octanol–water partition coefficient (Wildman–Crippen LogP) is 2.34. The van der Waals surface area contributed by atoms with Crippen molar-refractivity contribution in [2.24, 2.45) is 0 Å². The van der Waals surface area contributed by atoms with Gasteiger partial charge in [-0.05, 0) is 24.9 Å². The fourth-order valence-corrected chi connectivity index (χ4v) is 3.54. The van der Waals surface area contributed by atoms with Crippen molar-refractivity contribution in [3.8, 4) is 0 Å². The van der Waals surface area contributed by atoms with Crippen LogP contribution in [0.5, 0.6) is 0 Å². The van der Waals surface area contributed by atoms with Gasteiger partial charge in [0.05, 0.1) is 0 Å². The Labute approximate surface area is 129 Å². The van der Waals surface area contributed by atoms with Crippen LogP contribution in [0.15, 0.2) is 30.3 Å². The zero-order chi connectivity index (χ0) is 14.3. The molecule has 3 nitrogen and oxygen atoms in total. The Balaban J connectivity index is 1.40. The molecular weight excluding hydrogens is 258 g/mol. The summed E-state index contributed by atoms with van der Waals surface area (Å²) in [5, 5.41) is 3.72. The molecule has 1 unspecified atom stereocenters. The molecule has 0 saturated carbocycles. The van der Waals surface area contributed by atoms with Gasteiger partial charge in [0.15, 0.2) is 0 Å². The first-order valence-corrected chi connectivity index (χ1v) is 8.62. The van der Waals surface area contributed by atoms with Gasteiger partial charge in [-0.1, -0.05) is 43.2 Å². The van der Waals surface area contributed by atoms with E-state index in [2.05, 4.69) is 45.4 Å². The van der Waals surface area contributed by atoms with Gasteiger partial charge in [-0.25, -0.2) is 0 Å². The van der Waals surface area contributed by atoms with Crippen molar-refractivity contribution >= 4 is 0 Å². The average molecular weight is 287 g/mol. The summed E-state index contributed by atoms with van der Waals surface area (Å²) in [5.74, 6) is 0. The van der Waals surface area contributed by atoms with Gasteiger partial charge in [-0.15, -0.1) is 0 Å². The molecule has 116 valence electrons. The number of hydrogen-bond donors (Lipinski definition) is 1. The van der Waals surface area contributed by atoms with Crippen molar-refractivity contribution in [2.45, 2.75) is 38.3 Å². The van der Waals surface area contributed by atoms with Crippen molar-refractivity contribution in [3.63, 3.8) is 0 Å². The third-order valence-electron chi connectivity index (χ3n) is 4.85. The maximum Gasteiger partial charge on any atom is 0.0234 e. The highest BCUT2D eigenvalue weighted by atomic mass is 15.3. The maximum atomic E-state index is 3.72. The largest absolute Gasteiger partial charge is 0.313 e. The Morgan fingerprint density at radius 3 is 2.48 bits per heavy atom. The molecule has 1 N–H and O–H groups in total. The molecule has 1 aromatic carbocycles. The lowest BCUT2D eigenvalue weighted by Crippen LogP contribution is -2.50. The van der Waals surface area contributed by atoms with Crippen LogP contribution in [0.4, 0.5) is 0 Å². The number of nitrogens with one attached hydrogen (secondary N) is 1. The third-order valence-corrected chi connectivity index (χ3v) is 4.85. The predicted molar refractivity (Wildman–Crippen MR) is 88.4 cm³/mol. The first-order chi connectivity index (χ1) is 10.4. The molecule has 1 atom stereocenters. The second-order valence-corrected chi connectivity index (χ2v) is 6.56. The minimum atomic E-state index is 0.730. The number of hydrogen-bond acceptors (Lipinski definition) is 3. The van der Waals surface area contributed by atoms with E-state index in [0.29, 0.717) is 0 Å². The number of benzene rings is 1. The van der Waals surface area contributed by atoms with Gasteiger partial charge in [0, 0.05) is 45.3 Å². The summed E-state index contributed by atoms with van der Waals surface area (Å²) in [6.07, 6.45) is 5.55. The lowest BCUT2D eigenvalue weighted by molar-refractivity contribution is 0.117. The van der Waals surface area contributed by atoms with Crippen LogP contribution in [0, 0.1) is 0 Å². The van der Waals surface area contributed by atoms with Crippen LogP contribution in [0.2, 0.25) is 0 Å². The van der Waals surface area contributed by atoms with Gasteiger partial charge in [0.2, 0.25) is 0 Å². The molecular formula is C18H29N3. The molecule has 2 heterocycles. The Bertz CT molecular complexity index is 390. The summed E-state index contributed by atoms with van der Waals surface area (Å²) in [5.41, 5.74) is 1.44. The summed E-state index contributed by atoms with van der Waals surface area (Å²) in [6, 6.07) is 11.6. The number of rotatable bonds is 4. The monoisotopic (exact) mass is 287 g/mol. The Morgan fingerprint density at radius 1 is 0.905 bits per heavy atom. The Morgan fingerprint density at radius 2 is 1.67 bits per heavy atom. The van der Waals surface area contributed by atoms with E-state index in [0.717, 1.165) is 12.6 Å². The molecule has 2 aliphatic rings. The molecule has 0 amide bonds. The molecule has 0 spiro atoms. The average Bonchev–Trinajstić information content (AvgIpc) is 2.79. The topological polar surface area (TPSA) is 18.5 Å². The van der Waals surface area contributed by atoms with Crippen LogP contribution < -0.4 is 5.32 Å². The highest BCUT2D eigenvalue weighted by Gasteiger charge is 2.20. The summed E-state index contributed by atoms with van der Waals surface area (Å²) in [7, 11) is 0. The van der Waals surface area contributed by atoms with Gasteiger partial charge >= 0.3 is 0 Å². The number of piperazine rings is 1. The van der Waals surface area contributed by atoms with E-state index in [9.17, 15) is 0 Å².